The van der Waals surface area contributed by atoms with Gasteiger partial charge in [-0.05, 0) is 54.0 Å². The van der Waals surface area contributed by atoms with Crippen LogP contribution in [0, 0.1) is 17.0 Å². The van der Waals surface area contributed by atoms with Crippen LogP contribution in [0.2, 0.25) is 5.02 Å². The van der Waals surface area contributed by atoms with Gasteiger partial charge < -0.3 is 0 Å². The normalized spacial score (nSPS) is 14.7. The zero-order valence-electron chi connectivity index (χ0n) is 15.8. The molecule has 148 valence electrons. The number of rotatable bonds is 3. The lowest BCUT2D eigenvalue weighted by molar-refractivity contribution is -0.384. The fourth-order valence-corrected chi connectivity index (χ4v) is 3.61. The molecule has 1 aliphatic rings. The quantitative estimate of drug-likeness (QED) is 0.250. The van der Waals surface area contributed by atoms with Crippen LogP contribution in [0.25, 0.3) is 11.6 Å². The second-order valence-corrected chi connectivity index (χ2v) is 7.26. The third-order valence-electron chi connectivity index (χ3n) is 4.82. The highest BCUT2D eigenvalue weighted by molar-refractivity contribution is 6.43. The number of nitro benzene ring substituents is 1. The summed E-state index contributed by atoms with van der Waals surface area (Å²) >= 11 is 5.90. The van der Waals surface area contributed by atoms with Crippen molar-refractivity contribution in [3.63, 3.8) is 0 Å². The van der Waals surface area contributed by atoms with Crippen LogP contribution in [0.15, 0.2) is 66.7 Å². The molecule has 0 fully saturated rings. The predicted octanol–water partition coefficient (Wildman–Crippen LogP) is 5.28. The molecular formula is C23H15ClN2O4. The van der Waals surface area contributed by atoms with Gasteiger partial charge in [-0.25, -0.2) is 4.90 Å². The zero-order valence-corrected chi connectivity index (χ0v) is 16.6. The number of hydrogen-bond acceptors (Lipinski definition) is 4. The third-order valence-corrected chi connectivity index (χ3v) is 5.14. The number of fused-ring (bicyclic) bond motifs is 1. The molecule has 0 saturated carbocycles. The summed E-state index contributed by atoms with van der Waals surface area (Å²) in [7, 11) is 0. The number of nitro groups is 1. The lowest BCUT2D eigenvalue weighted by Gasteiger charge is -2.29. The standard InChI is InChI=1S/C23H15ClN2O4/c1-14-5-4-6-16(11-14)25-22(27)18-8-3-2-7-17(18)19(23(25)28)12-15-9-10-20(24)21(13-15)26(29)30/h2-13H,1H3/b19-12+. The molecule has 0 unspecified atom stereocenters. The number of anilines is 1. The Balaban J connectivity index is 1.90. The van der Waals surface area contributed by atoms with E-state index in [0.717, 1.165) is 10.5 Å². The number of aryl methyl sites for hydroxylation is 1. The minimum absolute atomic E-state index is 0.00841. The number of benzene rings is 3. The van der Waals surface area contributed by atoms with E-state index < -0.39 is 16.7 Å². The maximum absolute atomic E-state index is 13.4. The van der Waals surface area contributed by atoms with Gasteiger partial charge in [0.2, 0.25) is 0 Å². The molecule has 30 heavy (non-hydrogen) atoms. The Morgan fingerprint density at radius 1 is 0.933 bits per heavy atom. The summed E-state index contributed by atoms with van der Waals surface area (Å²) in [6.45, 7) is 1.87. The first-order valence-electron chi connectivity index (χ1n) is 9.07. The summed E-state index contributed by atoms with van der Waals surface area (Å²) in [5, 5.41) is 11.2. The summed E-state index contributed by atoms with van der Waals surface area (Å²) in [6, 6.07) is 18.2. The molecule has 1 aliphatic heterocycles. The Bertz CT molecular complexity index is 1250. The van der Waals surface area contributed by atoms with Gasteiger partial charge >= 0.3 is 0 Å². The number of nitrogens with zero attached hydrogens (tertiary/aromatic N) is 2. The Morgan fingerprint density at radius 2 is 1.67 bits per heavy atom. The zero-order chi connectivity index (χ0) is 21.4. The van der Waals surface area contributed by atoms with Gasteiger partial charge in [-0.3, -0.25) is 19.7 Å². The second-order valence-electron chi connectivity index (χ2n) is 6.86. The highest BCUT2D eigenvalue weighted by Crippen LogP contribution is 2.34. The van der Waals surface area contributed by atoms with Crippen LogP contribution in [0.3, 0.4) is 0 Å². The van der Waals surface area contributed by atoms with E-state index >= 15 is 0 Å². The fraction of sp³-hybridized carbons (Fsp3) is 0.0435. The minimum atomic E-state index is -0.580. The van der Waals surface area contributed by atoms with Gasteiger partial charge in [0, 0.05) is 17.2 Å². The van der Waals surface area contributed by atoms with E-state index in [1.54, 1.807) is 54.6 Å². The molecule has 3 aromatic carbocycles. The fourth-order valence-electron chi connectivity index (χ4n) is 3.42. The summed E-state index contributed by atoms with van der Waals surface area (Å²) < 4.78 is 0. The predicted molar refractivity (Wildman–Crippen MR) is 115 cm³/mol. The molecule has 0 N–H and O–H groups in total. The number of hydrogen-bond donors (Lipinski definition) is 0. The highest BCUT2D eigenvalue weighted by atomic mass is 35.5. The van der Waals surface area contributed by atoms with Crippen LogP contribution in [-0.2, 0) is 4.79 Å². The van der Waals surface area contributed by atoms with Crippen LogP contribution < -0.4 is 4.90 Å². The van der Waals surface area contributed by atoms with Gasteiger partial charge in [-0.2, -0.15) is 0 Å². The molecule has 1 heterocycles. The Kier molecular flexibility index (Phi) is 4.93. The van der Waals surface area contributed by atoms with E-state index in [4.69, 9.17) is 11.6 Å². The smallest absolute Gasteiger partial charge is 0.268 e. The first-order valence-corrected chi connectivity index (χ1v) is 9.45. The molecule has 4 rings (SSSR count). The van der Waals surface area contributed by atoms with E-state index in [1.807, 2.05) is 13.0 Å². The average Bonchev–Trinajstić information content (AvgIpc) is 2.72. The van der Waals surface area contributed by atoms with Crippen LogP contribution in [0.5, 0.6) is 0 Å². The van der Waals surface area contributed by atoms with Crippen LogP contribution in [0.4, 0.5) is 11.4 Å². The van der Waals surface area contributed by atoms with E-state index in [0.29, 0.717) is 22.4 Å². The van der Waals surface area contributed by atoms with Gasteiger partial charge in [0.25, 0.3) is 17.5 Å². The lowest BCUT2D eigenvalue weighted by Crippen LogP contribution is -2.41. The number of imide groups is 1. The van der Waals surface area contributed by atoms with Gasteiger partial charge in [0.1, 0.15) is 5.02 Å². The largest absolute Gasteiger partial charge is 0.288 e. The molecule has 0 atom stereocenters. The summed E-state index contributed by atoms with van der Waals surface area (Å²) in [4.78, 5) is 38.2. The molecule has 0 saturated heterocycles. The molecule has 0 bridgehead atoms. The summed E-state index contributed by atoms with van der Waals surface area (Å²) in [5.74, 6) is -0.915. The van der Waals surface area contributed by atoms with Crippen LogP contribution in [0.1, 0.15) is 27.0 Å². The van der Waals surface area contributed by atoms with Crippen molar-refractivity contribution in [3.05, 3.63) is 104 Å². The number of halogens is 1. The van der Waals surface area contributed by atoms with Crippen molar-refractivity contribution < 1.29 is 14.5 Å². The van der Waals surface area contributed by atoms with E-state index in [1.165, 1.54) is 12.1 Å². The van der Waals surface area contributed by atoms with Crippen LogP contribution in [-0.4, -0.2) is 16.7 Å². The Labute approximate surface area is 177 Å². The van der Waals surface area contributed by atoms with Crippen LogP contribution >= 0.6 is 11.6 Å². The molecular weight excluding hydrogens is 404 g/mol. The van der Waals surface area contributed by atoms with E-state index in [-0.39, 0.29) is 16.3 Å². The van der Waals surface area contributed by atoms with Crippen molar-refractivity contribution in [1.29, 1.82) is 0 Å². The first kappa shape index (κ1) is 19.5. The summed E-state index contributed by atoms with van der Waals surface area (Å²) in [5.41, 5.74) is 2.68. The highest BCUT2D eigenvalue weighted by Gasteiger charge is 2.35. The second kappa shape index (κ2) is 7.57. The van der Waals surface area contributed by atoms with Crippen molar-refractivity contribution in [2.45, 2.75) is 6.92 Å². The van der Waals surface area contributed by atoms with Crippen molar-refractivity contribution in [1.82, 2.24) is 0 Å². The lowest BCUT2D eigenvalue weighted by atomic mass is 9.91. The molecule has 0 aliphatic carbocycles. The minimum Gasteiger partial charge on any atom is -0.268 e. The molecule has 0 radical (unpaired) electrons. The summed E-state index contributed by atoms with van der Waals surface area (Å²) in [6.07, 6.45) is 1.54. The van der Waals surface area contributed by atoms with Gasteiger partial charge in [0.05, 0.1) is 10.6 Å². The SMILES string of the molecule is Cc1cccc(N2C(=O)/C(=C/c3ccc(Cl)c([N+](=O)[O-])c3)c3ccccc3C2=O)c1. The van der Waals surface area contributed by atoms with Gasteiger partial charge in [-0.15, -0.1) is 0 Å². The van der Waals surface area contributed by atoms with Gasteiger partial charge in [0.15, 0.2) is 0 Å². The number of carbonyl (C=O) groups excluding carboxylic acids is 2. The Hall–Kier alpha value is -3.77. The molecule has 0 spiro atoms. The maximum Gasteiger partial charge on any atom is 0.288 e. The molecule has 0 aromatic heterocycles. The first-order chi connectivity index (χ1) is 14.4. The van der Waals surface area contributed by atoms with E-state index in [2.05, 4.69) is 0 Å². The van der Waals surface area contributed by atoms with Gasteiger partial charge in [-0.1, -0.05) is 48.0 Å². The van der Waals surface area contributed by atoms with E-state index in [9.17, 15) is 19.7 Å². The number of carbonyl (C=O) groups is 2. The topological polar surface area (TPSA) is 80.5 Å². The van der Waals surface area contributed by atoms with Crippen molar-refractivity contribution in [2.75, 3.05) is 4.90 Å². The van der Waals surface area contributed by atoms with Crippen molar-refractivity contribution >= 4 is 46.4 Å². The molecule has 3 aromatic rings. The average molecular weight is 419 g/mol. The molecule has 2 amide bonds. The third kappa shape index (κ3) is 3.38. The molecule has 6 nitrogen and oxygen atoms in total. The van der Waals surface area contributed by atoms with Crippen molar-refractivity contribution in [2.24, 2.45) is 0 Å². The Morgan fingerprint density at radius 3 is 2.37 bits per heavy atom. The number of amides is 2. The maximum atomic E-state index is 13.4. The van der Waals surface area contributed by atoms with Crippen molar-refractivity contribution in [3.8, 4) is 0 Å². The monoisotopic (exact) mass is 418 g/mol. The molecule has 7 heteroatoms.